The van der Waals surface area contributed by atoms with Gasteiger partial charge in [0.2, 0.25) is 5.91 Å². The van der Waals surface area contributed by atoms with Crippen molar-refractivity contribution >= 4 is 17.7 Å². The molecule has 1 N–H and O–H groups in total. The third kappa shape index (κ3) is 6.85. The first-order valence-corrected chi connectivity index (χ1v) is 16.9. The van der Waals surface area contributed by atoms with E-state index in [4.69, 9.17) is 0 Å². The number of likely N-dealkylation sites (tertiary alicyclic amines) is 2. The van der Waals surface area contributed by atoms with Crippen LogP contribution in [0.25, 0.3) is 0 Å². The van der Waals surface area contributed by atoms with Crippen LogP contribution in [-0.4, -0.2) is 88.9 Å². The minimum atomic E-state index is -1.28. The van der Waals surface area contributed by atoms with E-state index >= 15 is 9.18 Å². The highest BCUT2D eigenvalue weighted by atomic mass is 19.1. The fourth-order valence-corrected chi connectivity index (χ4v) is 8.15. The molecule has 2 saturated heterocycles. The number of nitrogens with zero attached hydrogens (tertiary/aromatic N) is 3. The van der Waals surface area contributed by atoms with Gasteiger partial charge in [0.05, 0.1) is 13.1 Å². The average molecular weight is 632 g/mol. The molecule has 45 heavy (non-hydrogen) atoms. The lowest BCUT2D eigenvalue weighted by atomic mass is 9.74. The fraction of sp³-hybridized carbons (Fsp3) is 0.750. The zero-order valence-electron chi connectivity index (χ0n) is 29.4. The van der Waals surface area contributed by atoms with Crippen molar-refractivity contribution in [3.8, 4) is 0 Å². The van der Waals surface area contributed by atoms with Gasteiger partial charge in [-0.05, 0) is 71.3 Å². The minimum Gasteiger partial charge on any atom is -0.351 e. The number of quaternary nitrogens is 1. The van der Waals surface area contributed by atoms with Gasteiger partial charge < -0.3 is 10.2 Å². The Labute approximate surface area is 269 Å². The molecule has 1 aromatic carbocycles. The number of benzene rings is 1. The highest BCUT2D eigenvalue weighted by Gasteiger charge is 2.63. The molecule has 4 atom stereocenters. The summed E-state index contributed by atoms with van der Waals surface area (Å²) in [7, 11) is 1.80. The Balaban J connectivity index is 1.82. The lowest BCUT2D eigenvalue weighted by Crippen LogP contribution is -2.65. The van der Waals surface area contributed by atoms with Crippen LogP contribution in [0.1, 0.15) is 106 Å². The maximum atomic E-state index is 15.7. The maximum absolute atomic E-state index is 15.7. The average Bonchev–Trinajstić information content (AvgIpc) is 3.52. The van der Waals surface area contributed by atoms with Crippen molar-refractivity contribution in [2.24, 2.45) is 10.8 Å². The Morgan fingerprint density at radius 3 is 2.16 bits per heavy atom. The summed E-state index contributed by atoms with van der Waals surface area (Å²) in [6.45, 7) is 19.9. The number of carbonyl (C=O) groups is 3. The molecule has 3 fully saturated rings. The Morgan fingerprint density at radius 1 is 1.02 bits per heavy atom. The van der Waals surface area contributed by atoms with Crippen LogP contribution in [0.15, 0.2) is 18.2 Å². The third-order valence-electron chi connectivity index (χ3n) is 10.9. The minimum absolute atomic E-state index is 0.0256. The molecule has 1 saturated carbocycles. The van der Waals surface area contributed by atoms with Crippen molar-refractivity contribution in [3.63, 3.8) is 0 Å². The van der Waals surface area contributed by atoms with Gasteiger partial charge in [-0.25, -0.2) is 13.6 Å². The highest BCUT2D eigenvalue weighted by molar-refractivity contribution is 5.89. The Kier molecular flexibility index (Phi) is 9.72. The van der Waals surface area contributed by atoms with Crippen molar-refractivity contribution in [2.45, 2.75) is 130 Å². The van der Waals surface area contributed by atoms with Gasteiger partial charge in [-0.1, -0.05) is 40.7 Å². The van der Waals surface area contributed by atoms with Crippen LogP contribution < -0.4 is 5.32 Å². The van der Waals surface area contributed by atoms with Crippen LogP contribution in [0.4, 0.5) is 8.78 Å². The van der Waals surface area contributed by atoms with Crippen LogP contribution in [0, 0.1) is 22.5 Å². The van der Waals surface area contributed by atoms with Gasteiger partial charge in [-0.15, -0.1) is 0 Å². The summed E-state index contributed by atoms with van der Waals surface area (Å²) in [5, 5.41) is 2.96. The fourth-order valence-electron chi connectivity index (χ4n) is 8.15. The molecule has 252 valence electrons. The SMILES string of the molecule is CCNC(=O)[C@@H]1C[C@@H](N(C(=O)C(C)(C)C)C2CCC(C)(C)CC2)C[N+]1(C)C(=O)[C@]1(c2ccc(F)cc2F)CCN(C(C)(C)C)C1. The van der Waals surface area contributed by atoms with Crippen molar-refractivity contribution < 1.29 is 27.6 Å². The smallest absolute Gasteiger partial charge is 0.326 e. The number of rotatable bonds is 6. The molecule has 2 aliphatic heterocycles. The largest absolute Gasteiger partial charge is 0.351 e. The Hall–Kier alpha value is -2.39. The van der Waals surface area contributed by atoms with Crippen molar-refractivity contribution in [1.29, 1.82) is 0 Å². The number of hydrogen-bond acceptors (Lipinski definition) is 4. The molecular formula is C36H57F2N4O3+. The first-order chi connectivity index (χ1) is 20.7. The maximum Gasteiger partial charge on any atom is 0.326 e. The van der Waals surface area contributed by atoms with Crippen LogP contribution in [-0.2, 0) is 19.8 Å². The third-order valence-corrected chi connectivity index (χ3v) is 10.9. The zero-order chi connectivity index (χ0) is 33.8. The predicted octanol–water partition coefficient (Wildman–Crippen LogP) is 5.80. The quantitative estimate of drug-likeness (QED) is 0.403. The predicted molar refractivity (Wildman–Crippen MR) is 173 cm³/mol. The highest BCUT2D eigenvalue weighted by Crippen LogP contribution is 2.46. The van der Waals surface area contributed by atoms with Crippen molar-refractivity contribution in [3.05, 3.63) is 35.4 Å². The molecule has 9 heteroatoms. The molecule has 1 aromatic rings. The van der Waals surface area contributed by atoms with E-state index < -0.39 is 28.5 Å². The second kappa shape index (κ2) is 12.3. The van der Waals surface area contributed by atoms with Gasteiger partial charge in [-0.3, -0.25) is 19.0 Å². The van der Waals surface area contributed by atoms with E-state index in [0.29, 0.717) is 25.9 Å². The first kappa shape index (κ1) is 35.5. The topological polar surface area (TPSA) is 69.7 Å². The molecule has 4 rings (SSSR count). The van der Waals surface area contributed by atoms with E-state index in [-0.39, 0.29) is 63.9 Å². The van der Waals surface area contributed by atoms with Gasteiger partial charge >= 0.3 is 5.91 Å². The first-order valence-electron chi connectivity index (χ1n) is 16.9. The molecule has 7 nitrogen and oxygen atoms in total. The molecule has 0 radical (unpaired) electrons. The summed E-state index contributed by atoms with van der Waals surface area (Å²) in [4.78, 5) is 47.6. The number of amides is 3. The Morgan fingerprint density at radius 2 is 1.64 bits per heavy atom. The number of carbonyl (C=O) groups excluding carboxylic acids is 3. The van der Waals surface area contributed by atoms with Crippen LogP contribution in [0.5, 0.6) is 0 Å². The van der Waals surface area contributed by atoms with E-state index in [0.717, 1.165) is 31.7 Å². The van der Waals surface area contributed by atoms with Gasteiger partial charge in [0.25, 0.3) is 5.91 Å². The summed E-state index contributed by atoms with van der Waals surface area (Å²) in [5.74, 6) is -1.88. The van der Waals surface area contributed by atoms with E-state index in [2.05, 4.69) is 44.8 Å². The lowest BCUT2D eigenvalue weighted by molar-refractivity contribution is -0.840. The van der Waals surface area contributed by atoms with Gasteiger partial charge in [-0.2, -0.15) is 0 Å². The van der Waals surface area contributed by atoms with Crippen LogP contribution >= 0.6 is 0 Å². The van der Waals surface area contributed by atoms with Crippen LogP contribution in [0.2, 0.25) is 0 Å². The zero-order valence-corrected chi connectivity index (χ0v) is 29.4. The van der Waals surface area contributed by atoms with Gasteiger partial charge in [0.1, 0.15) is 23.6 Å². The van der Waals surface area contributed by atoms with E-state index in [1.807, 2.05) is 32.6 Å². The molecule has 0 spiro atoms. The van der Waals surface area contributed by atoms with Crippen molar-refractivity contribution in [2.75, 3.05) is 33.2 Å². The molecule has 3 amide bonds. The summed E-state index contributed by atoms with van der Waals surface area (Å²) in [6.07, 6.45) is 4.45. The van der Waals surface area contributed by atoms with E-state index in [1.165, 1.54) is 12.1 Å². The lowest BCUT2D eigenvalue weighted by Gasteiger charge is -2.45. The standard InChI is InChI=1S/C36H56F2N4O3/c1-11-39-30(43)29-21-26(41(31(44)33(2,3)4)25-14-16-35(8,9)17-15-25)22-42(29,10)32(45)36(18-19-40(23-36)34(5,6)7)27-13-12-24(37)20-28(27)38/h12-13,20,25-26,29H,11,14-19,21-23H2,1-10H3/p+1/t26-,29+,36-,42?/m1/s1. The van der Waals surface area contributed by atoms with E-state index in [9.17, 15) is 14.0 Å². The molecular weight excluding hydrogens is 574 g/mol. The Bertz CT molecular complexity index is 1290. The molecule has 3 aliphatic rings. The second-order valence-corrected chi connectivity index (χ2v) is 17.0. The summed E-state index contributed by atoms with van der Waals surface area (Å²) in [6, 6.07) is 2.43. The van der Waals surface area contributed by atoms with Crippen LogP contribution in [0.3, 0.4) is 0 Å². The molecule has 2 heterocycles. The number of likely N-dealkylation sites (N-methyl/N-ethyl adjacent to an activating group) is 2. The van der Waals surface area contributed by atoms with Gasteiger partial charge in [0, 0.05) is 54.7 Å². The van der Waals surface area contributed by atoms with Crippen molar-refractivity contribution in [1.82, 2.24) is 15.1 Å². The molecule has 0 bridgehead atoms. The number of hydrogen-bond donors (Lipinski definition) is 1. The monoisotopic (exact) mass is 631 g/mol. The second-order valence-electron chi connectivity index (χ2n) is 17.0. The number of halogens is 2. The normalized spacial score (nSPS) is 29.5. The molecule has 0 aromatic heterocycles. The molecule has 1 aliphatic carbocycles. The number of nitrogens with one attached hydrogen (secondary N) is 1. The summed E-state index contributed by atoms with van der Waals surface area (Å²) >= 11 is 0. The van der Waals surface area contributed by atoms with Gasteiger partial charge in [0.15, 0.2) is 6.04 Å². The van der Waals surface area contributed by atoms with E-state index in [1.54, 1.807) is 7.05 Å². The summed E-state index contributed by atoms with van der Waals surface area (Å²) in [5.41, 5.74) is -1.82. The molecule has 1 unspecified atom stereocenters. The summed E-state index contributed by atoms with van der Waals surface area (Å²) < 4.78 is 29.6.